The highest BCUT2D eigenvalue weighted by Crippen LogP contribution is 2.43. The van der Waals surface area contributed by atoms with Crippen LogP contribution < -0.4 is 5.48 Å². The van der Waals surface area contributed by atoms with Gasteiger partial charge in [-0.15, -0.1) is 0 Å². The van der Waals surface area contributed by atoms with Gasteiger partial charge in [0.05, 0.1) is 5.41 Å². The van der Waals surface area contributed by atoms with E-state index in [0.717, 1.165) is 48.9 Å². The Kier molecular flexibility index (Phi) is 5.01. The van der Waals surface area contributed by atoms with E-state index in [-0.39, 0.29) is 11.3 Å². The van der Waals surface area contributed by atoms with Crippen LogP contribution in [-0.4, -0.2) is 35.0 Å². The lowest BCUT2D eigenvalue weighted by Crippen LogP contribution is -2.38. The minimum atomic E-state index is -0.503. The molecule has 1 atom stereocenters. The zero-order valence-electron chi connectivity index (χ0n) is 15.7. The van der Waals surface area contributed by atoms with Crippen LogP contribution in [0.5, 0.6) is 0 Å². The van der Waals surface area contributed by atoms with E-state index in [1.54, 1.807) is 11.5 Å². The van der Waals surface area contributed by atoms with E-state index in [1.807, 2.05) is 47.4 Å². The first-order chi connectivity index (χ1) is 13.6. The van der Waals surface area contributed by atoms with Crippen molar-refractivity contribution in [1.29, 1.82) is 0 Å². The highest BCUT2D eigenvalue weighted by Gasteiger charge is 2.47. The van der Waals surface area contributed by atoms with Crippen LogP contribution in [0.4, 0.5) is 0 Å². The molecule has 1 aliphatic carbocycles. The number of nitrogens with zero attached hydrogens (tertiary/aromatic N) is 1. The van der Waals surface area contributed by atoms with Crippen molar-refractivity contribution in [2.45, 2.75) is 25.7 Å². The van der Waals surface area contributed by atoms with E-state index in [9.17, 15) is 9.59 Å². The first-order valence-corrected chi connectivity index (χ1v) is 9.68. The van der Waals surface area contributed by atoms with Crippen molar-refractivity contribution < 1.29 is 14.8 Å². The predicted molar refractivity (Wildman–Crippen MR) is 107 cm³/mol. The third kappa shape index (κ3) is 3.45. The summed E-state index contributed by atoms with van der Waals surface area (Å²) >= 11 is 0. The Morgan fingerprint density at radius 1 is 1.14 bits per heavy atom. The molecule has 1 fully saturated rings. The van der Waals surface area contributed by atoms with Crippen molar-refractivity contribution in [1.82, 2.24) is 10.4 Å². The molecule has 0 unspecified atom stereocenters. The van der Waals surface area contributed by atoms with Gasteiger partial charge >= 0.3 is 0 Å². The fraction of sp³-hybridized carbons (Fsp3) is 0.304. The summed E-state index contributed by atoms with van der Waals surface area (Å²) in [7, 11) is 0. The minimum Gasteiger partial charge on any atom is -0.338 e. The summed E-state index contributed by atoms with van der Waals surface area (Å²) in [6.45, 7) is 1.43. The normalized spacial score (nSPS) is 21.3. The quantitative estimate of drug-likeness (QED) is 0.636. The van der Waals surface area contributed by atoms with Gasteiger partial charge in [0.25, 0.3) is 5.91 Å². The van der Waals surface area contributed by atoms with Gasteiger partial charge in [0, 0.05) is 18.7 Å². The van der Waals surface area contributed by atoms with Crippen LogP contribution in [0.15, 0.2) is 54.6 Å². The molecule has 1 saturated heterocycles. The van der Waals surface area contributed by atoms with Crippen molar-refractivity contribution in [3.05, 3.63) is 76.9 Å². The molecule has 5 heteroatoms. The monoisotopic (exact) mass is 376 g/mol. The number of fused-ring (bicyclic) bond motifs is 1. The Morgan fingerprint density at radius 3 is 2.75 bits per heavy atom. The summed E-state index contributed by atoms with van der Waals surface area (Å²) < 4.78 is 0. The Bertz CT molecular complexity index is 923. The molecule has 0 aromatic heterocycles. The molecule has 28 heavy (non-hydrogen) atoms. The van der Waals surface area contributed by atoms with E-state index < -0.39 is 5.91 Å². The predicted octanol–water partition coefficient (Wildman–Crippen LogP) is 3.23. The van der Waals surface area contributed by atoms with E-state index in [1.165, 1.54) is 0 Å². The molecule has 2 N–H and O–H groups in total. The molecule has 0 radical (unpaired) electrons. The summed E-state index contributed by atoms with van der Waals surface area (Å²) in [6, 6.07) is 15.6. The first kappa shape index (κ1) is 18.4. The van der Waals surface area contributed by atoms with Crippen LogP contribution in [0.1, 0.15) is 39.9 Å². The molecule has 144 valence electrons. The van der Waals surface area contributed by atoms with Crippen LogP contribution in [-0.2, 0) is 17.6 Å². The number of rotatable bonds is 4. The molecular weight excluding hydrogens is 352 g/mol. The number of hydroxylamine groups is 1. The highest BCUT2D eigenvalue weighted by atomic mass is 16.5. The largest absolute Gasteiger partial charge is 0.338 e. The van der Waals surface area contributed by atoms with E-state index in [2.05, 4.69) is 12.2 Å². The number of hydrogen-bond acceptors (Lipinski definition) is 3. The van der Waals surface area contributed by atoms with Gasteiger partial charge in [-0.1, -0.05) is 48.6 Å². The lowest BCUT2D eigenvalue weighted by atomic mass is 9.70. The van der Waals surface area contributed by atoms with Gasteiger partial charge in [-0.3, -0.25) is 14.8 Å². The first-order valence-electron chi connectivity index (χ1n) is 9.68. The second kappa shape index (κ2) is 7.60. The molecule has 4 rings (SSSR count). The van der Waals surface area contributed by atoms with Crippen molar-refractivity contribution >= 4 is 17.9 Å². The average molecular weight is 376 g/mol. The molecule has 0 bridgehead atoms. The molecule has 2 aromatic carbocycles. The lowest BCUT2D eigenvalue weighted by Gasteiger charge is -2.33. The number of aryl methyl sites for hydroxylation is 1. The van der Waals surface area contributed by atoms with Gasteiger partial charge in [0.2, 0.25) is 5.91 Å². The molecular formula is C23H24N2O3. The van der Waals surface area contributed by atoms with Crippen molar-refractivity contribution in [2.24, 2.45) is 5.41 Å². The smallest absolute Gasteiger partial charge is 0.274 e. The maximum atomic E-state index is 13.2. The van der Waals surface area contributed by atoms with Crippen LogP contribution in [0, 0.1) is 5.41 Å². The summed E-state index contributed by atoms with van der Waals surface area (Å²) in [4.78, 5) is 26.7. The highest BCUT2D eigenvalue weighted by molar-refractivity contribution is 5.93. The van der Waals surface area contributed by atoms with Crippen molar-refractivity contribution in [3.8, 4) is 0 Å². The summed E-state index contributed by atoms with van der Waals surface area (Å²) in [5, 5.41) is 8.81. The molecule has 2 amide bonds. The standard InChI is InChI=1S/C23H24N2O3/c26-21(24-28)19-8-9-20-16-23(11-10-18(20)15-19)12-14-25(22(23)27)13-4-7-17-5-2-1-3-6-17/h1-9,15,28H,10-14,16H2,(H,24,26)/t23-/m0/s1. The number of hydrogen-bond donors (Lipinski definition) is 2. The van der Waals surface area contributed by atoms with Crippen LogP contribution in [0.25, 0.3) is 6.08 Å². The van der Waals surface area contributed by atoms with Crippen molar-refractivity contribution in [2.75, 3.05) is 13.1 Å². The van der Waals surface area contributed by atoms with E-state index in [4.69, 9.17) is 5.21 Å². The summed E-state index contributed by atoms with van der Waals surface area (Å²) in [5.74, 6) is -0.260. The second-order valence-electron chi connectivity index (χ2n) is 7.70. The fourth-order valence-corrected chi connectivity index (χ4v) is 4.41. The average Bonchev–Trinajstić information content (AvgIpc) is 3.03. The molecule has 2 aliphatic rings. The van der Waals surface area contributed by atoms with Gasteiger partial charge in [-0.25, -0.2) is 5.48 Å². The number of amides is 2. The Balaban J connectivity index is 1.44. The summed E-state index contributed by atoms with van der Waals surface area (Å²) in [5.41, 5.74) is 5.18. The zero-order valence-corrected chi connectivity index (χ0v) is 15.7. The molecule has 1 spiro atoms. The van der Waals surface area contributed by atoms with Gasteiger partial charge in [0.1, 0.15) is 0 Å². The maximum Gasteiger partial charge on any atom is 0.274 e. The number of likely N-dealkylation sites (tertiary alicyclic amines) is 1. The minimum absolute atomic E-state index is 0.244. The molecule has 0 saturated carbocycles. The van der Waals surface area contributed by atoms with Crippen LogP contribution in [0.3, 0.4) is 0 Å². The maximum absolute atomic E-state index is 13.2. The second-order valence-corrected chi connectivity index (χ2v) is 7.70. The Labute approximate surface area is 164 Å². The number of nitrogens with one attached hydrogen (secondary N) is 1. The summed E-state index contributed by atoms with van der Waals surface area (Å²) in [6.07, 6.45) is 7.30. The Morgan fingerprint density at radius 2 is 1.96 bits per heavy atom. The van der Waals surface area contributed by atoms with E-state index >= 15 is 0 Å². The van der Waals surface area contributed by atoms with Gasteiger partial charge < -0.3 is 4.90 Å². The van der Waals surface area contributed by atoms with Crippen LogP contribution in [0.2, 0.25) is 0 Å². The molecule has 5 nitrogen and oxygen atoms in total. The molecule has 2 aromatic rings. The van der Waals surface area contributed by atoms with Gasteiger partial charge in [-0.05, 0) is 54.5 Å². The lowest BCUT2D eigenvalue weighted by molar-refractivity contribution is -0.136. The number of benzene rings is 2. The SMILES string of the molecule is O=C(NO)c1ccc2c(c1)CC[C@]1(CCN(CC=Cc3ccccc3)C1=O)C2. The third-order valence-corrected chi connectivity index (χ3v) is 6.01. The zero-order chi connectivity index (χ0) is 19.6. The third-order valence-electron chi connectivity index (χ3n) is 6.01. The fourth-order valence-electron chi connectivity index (χ4n) is 4.41. The topological polar surface area (TPSA) is 69.6 Å². The number of carbonyl (C=O) groups excluding carboxylic acids is 2. The van der Waals surface area contributed by atoms with Crippen molar-refractivity contribution in [3.63, 3.8) is 0 Å². The van der Waals surface area contributed by atoms with Crippen LogP contribution >= 0.6 is 0 Å². The molecule has 1 heterocycles. The number of carbonyl (C=O) groups is 2. The van der Waals surface area contributed by atoms with Gasteiger partial charge in [0.15, 0.2) is 0 Å². The van der Waals surface area contributed by atoms with E-state index in [0.29, 0.717) is 12.1 Å². The van der Waals surface area contributed by atoms with Gasteiger partial charge in [-0.2, -0.15) is 0 Å². The molecule has 1 aliphatic heterocycles. The Hall–Kier alpha value is -2.92.